The van der Waals surface area contributed by atoms with Gasteiger partial charge in [-0.05, 0) is 48.4 Å². The Labute approximate surface area is 234 Å². The molecule has 2 amide bonds. The standard InChI is InChI=1S/C28H30F3N7O3/c29-28(30,31)10-7-24(39)36-12-8-18(9-13-36)23-2-1-11-38-25(23)34-27(35-38)33-20-5-3-19(4-6-20)26(40)37-15-21-16-41-17-22(37)14-32-21/h1-6,8,11,21-22,32H,7,9-10,12-17H2,(H,33,35)/p+1. The Morgan fingerprint density at radius 3 is 2.76 bits per heavy atom. The molecule has 4 aliphatic rings. The van der Waals surface area contributed by atoms with E-state index in [0.717, 1.165) is 28.3 Å². The molecule has 41 heavy (non-hydrogen) atoms. The van der Waals surface area contributed by atoms with Gasteiger partial charge in [-0.3, -0.25) is 9.69 Å². The summed E-state index contributed by atoms with van der Waals surface area (Å²) in [6.45, 7) is 3.27. The van der Waals surface area contributed by atoms with Gasteiger partial charge in [0.15, 0.2) is 5.65 Å². The fraction of sp³-hybridized carbons (Fsp3) is 0.429. The molecule has 3 N–H and O–H groups in total. The largest absolute Gasteiger partial charge is 0.389 e. The summed E-state index contributed by atoms with van der Waals surface area (Å²) in [6.07, 6.45) is -1.84. The third kappa shape index (κ3) is 6.11. The Bertz CT molecular complexity index is 1470. The highest BCUT2D eigenvalue weighted by Gasteiger charge is 2.39. The van der Waals surface area contributed by atoms with E-state index in [9.17, 15) is 22.8 Å². The number of carbonyl (C=O) groups is 2. The first kappa shape index (κ1) is 27.4. The van der Waals surface area contributed by atoms with Gasteiger partial charge in [0.1, 0.15) is 19.2 Å². The second-order valence-corrected chi connectivity index (χ2v) is 10.7. The van der Waals surface area contributed by atoms with Gasteiger partial charge in [-0.2, -0.15) is 18.2 Å². The summed E-state index contributed by atoms with van der Waals surface area (Å²) in [6, 6.07) is 11.3. The van der Waals surface area contributed by atoms with Gasteiger partial charge in [-0.1, -0.05) is 6.08 Å². The minimum atomic E-state index is -4.35. The summed E-state index contributed by atoms with van der Waals surface area (Å²) in [7, 11) is 0. The number of rotatable bonds is 6. The topological polar surface area (TPSA) is 105 Å². The van der Waals surface area contributed by atoms with Crippen molar-refractivity contribution in [2.75, 3.05) is 44.7 Å². The number of piperazine rings is 1. The molecular formula is C28H31F3N7O3+. The Morgan fingerprint density at radius 1 is 1.17 bits per heavy atom. The first-order valence-corrected chi connectivity index (χ1v) is 13.7. The third-order valence-corrected chi connectivity index (χ3v) is 7.84. The Balaban J connectivity index is 1.12. The van der Waals surface area contributed by atoms with Gasteiger partial charge in [-0.15, -0.1) is 5.10 Å². The van der Waals surface area contributed by atoms with Gasteiger partial charge in [0, 0.05) is 37.0 Å². The molecule has 3 fully saturated rings. The molecule has 0 radical (unpaired) electrons. The number of hydrogen-bond donors (Lipinski definition) is 3. The summed E-state index contributed by atoms with van der Waals surface area (Å²) in [4.78, 5) is 32.4. The minimum absolute atomic E-state index is 0.0652. The van der Waals surface area contributed by atoms with Crippen LogP contribution in [0.3, 0.4) is 0 Å². The van der Waals surface area contributed by atoms with Gasteiger partial charge in [0.2, 0.25) is 11.9 Å². The maximum atomic E-state index is 13.2. The molecule has 0 spiro atoms. The Kier molecular flexibility index (Phi) is 7.49. The zero-order valence-corrected chi connectivity index (χ0v) is 22.3. The van der Waals surface area contributed by atoms with E-state index < -0.39 is 24.9 Å². The number of fused-ring (bicyclic) bond motifs is 5. The van der Waals surface area contributed by atoms with Crippen LogP contribution in [0.15, 0.2) is 48.7 Å². The van der Waals surface area contributed by atoms with Crippen LogP contribution in [-0.2, 0) is 9.53 Å². The van der Waals surface area contributed by atoms with Crippen molar-refractivity contribution >= 4 is 34.7 Å². The average Bonchev–Trinajstić information content (AvgIpc) is 3.11. The highest BCUT2D eigenvalue weighted by molar-refractivity contribution is 5.88. The minimum Gasteiger partial charge on any atom is -0.373 e. The van der Waals surface area contributed by atoms with Crippen LogP contribution in [0.2, 0.25) is 0 Å². The highest BCUT2D eigenvalue weighted by atomic mass is 19.4. The number of aromatic nitrogens is 3. The number of halogens is 3. The molecule has 216 valence electrons. The van der Waals surface area contributed by atoms with E-state index in [0.29, 0.717) is 49.9 Å². The van der Waals surface area contributed by atoms with Crippen LogP contribution >= 0.6 is 0 Å². The van der Waals surface area contributed by atoms with E-state index in [4.69, 9.17) is 4.74 Å². The molecule has 7 rings (SSSR count). The quantitative estimate of drug-likeness (QED) is 0.416. The number of benzene rings is 1. The van der Waals surface area contributed by atoms with E-state index in [2.05, 4.69) is 20.7 Å². The van der Waals surface area contributed by atoms with Crippen molar-refractivity contribution < 1.29 is 32.4 Å². The molecule has 1 aromatic carbocycles. The van der Waals surface area contributed by atoms with Gasteiger partial charge in [0.05, 0.1) is 31.2 Å². The molecule has 3 aromatic rings. The lowest BCUT2D eigenvalue weighted by Gasteiger charge is -2.31. The highest BCUT2D eigenvalue weighted by Crippen LogP contribution is 2.28. The van der Waals surface area contributed by atoms with E-state index in [1.54, 1.807) is 22.8 Å². The number of quaternary nitrogens is 1. The fourth-order valence-corrected chi connectivity index (χ4v) is 5.62. The van der Waals surface area contributed by atoms with Gasteiger partial charge in [0.25, 0.3) is 0 Å². The summed E-state index contributed by atoms with van der Waals surface area (Å²) in [5.74, 6) is -0.0467. The summed E-state index contributed by atoms with van der Waals surface area (Å²) >= 11 is 0. The van der Waals surface area contributed by atoms with E-state index >= 15 is 0 Å². The molecule has 4 aliphatic heterocycles. The second kappa shape index (κ2) is 11.2. The number of hydrogen-bond acceptors (Lipinski definition) is 7. The Morgan fingerprint density at radius 2 is 2.00 bits per heavy atom. The molecular weight excluding hydrogens is 539 g/mol. The van der Waals surface area contributed by atoms with E-state index in [-0.39, 0.29) is 24.5 Å². The smallest absolute Gasteiger partial charge is 0.373 e. The molecule has 6 heterocycles. The zero-order chi connectivity index (χ0) is 28.6. The maximum absolute atomic E-state index is 13.2. The number of ether oxygens (including phenoxy) is 1. The van der Waals surface area contributed by atoms with E-state index in [1.807, 2.05) is 30.3 Å². The second-order valence-electron chi connectivity index (χ2n) is 10.7. The number of alkyl halides is 3. The summed E-state index contributed by atoms with van der Waals surface area (Å²) in [5.41, 5.74) is 3.81. The van der Waals surface area contributed by atoms with Crippen molar-refractivity contribution in [1.82, 2.24) is 24.8 Å². The van der Waals surface area contributed by atoms with Crippen LogP contribution in [-0.4, -0.2) is 89.0 Å². The van der Waals surface area contributed by atoms with Crippen molar-refractivity contribution in [1.29, 1.82) is 0 Å². The number of nitrogens with one attached hydrogen (secondary N) is 3. The van der Waals surface area contributed by atoms with Crippen LogP contribution < -0.4 is 15.5 Å². The predicted octanol–water partition coefficient (Wildman–Crippen LogP) is 1.83. The van der Waals surface area contributed by atoms with Gasteiger partial charge in [-0.25, -0.2) is 9.31 Å². The predicted molar refractivity (Wildman–Crippen MR) is 144 cm³/mol. The van der Waals surface area contributed by atoms with Crippen molar-refractivity contribution in [2.45, 2.75) is 37.5 Å². The summed E-state index contributed by atoms with van der Waals surface area (Å²) in [5, 5.41) is 11.2. The molecule has 0 aliphatic carbocycles. The average molecular weight is 571 g/mol. The lowest BCUT2D eigenvalue weighted by Crippen LogP contribution is -3.21. The number of pyridine rings is 1. The molecule has 3 saturated heterocycles. The number of anilines is 2. The monoisotopic (exact) mass is 570 g/mol. The molecule has 10 nitrogen and oxygen atoms in total. The fourth-order valence-electron chi connectivity index (χ4n) is 5.62. The van der Waals surface area contributed by atoms with Crippen molar-refractivity contribution in [3.8, 4) is 0 Å². The third-order valence-electron chi connectivity index (χ3n) is 7.84. The first-order chi connectivity index (χ1) is 19.7. The molecule has 0 saturated carbocycles. The number of nitrogens with zero attached hydrogens (tertiary/aromatic N) is 4. The van der Waals surface area contributed by atoms with Crippen molar-refractivity contribution in [3.05, 3.63) is 59.8 Å². The molecule has 3 atom stereocenters. The van der Waals surface area contributed by atoms with Crippen molar-refractivity contribution in [3.63, 3.8) is 0 Å². The van der Waals surface area contributed by atoms with Crippen LogP contribution in [0.25, 0.3) is 11.2 Å². The summed E-state index contributed by atoms with van der Waals surface area (Å²) < 4.78 is 44.8. The first-order valence-electron chi connectivity index (χ1n) is 13.7. The lowest BCUT2D eigenvalue weighted by atomic mass is 10.00. The molecule has 3 unspecified atom stereocenters. The van der Waals surface area contributed by atoms with Crippen LogP contribution in [0.4, 0.5) is 24.8 Å². The maximum Gasteiger partial charge on any atom is 0.389 e. The zero-order valence-electron chi connectivity index (χ0n) is 22.3. The SMILES string of the molecule is O=C(CCC(F)(F)F)N1CC=C(c2cccn3nc(Nc4ccc(C(=O)[NH+]5CC6COCC5CN6)cc4)nc23)CC1. The van der Waals surface area contributed by atoms with Crippen LogP contribution in [0.5, 0.6) is 0 Å². The van der Waals surface area contributed by atoms with Gasteiger partial charge >= 0.3 is 12.1 Å². The number of carbonyl (C=O) groups excluding carboxylic acids is 2. The van der Waals surface area contributed by atoms with Crippen molar-refractivity contribution in [2.24, 2.45) is 0 Å². The van der Waals surface area contributed by atoms with Crippen LogP contribution in [0, 0.1) is 0 Å². The van der Waals surface area contributed by atoms with Gasteiger partial charge < -0.3 is 20.3 Å². The lowest BCUT2D eigenvalue weighted by molar-refractivity contribution is -0.845. The molecule has 2 aromatic heterocycles. The molecule has 13 heteroatoms. The van der Waals surface area contributed by atoms with Crippen LogP contribution in [0.1, 0.15) is 35.2 Å². The number of amides is 2. The molecule has 2 bridgehead atoms. The normalized spacial score (nSPS) is 22.9. The Hall–Kier alpha value is -3.81. The van der Waals surface area contributed by atoms with E-state index in [1.165, 1.54) is 4.90 Å².